The van der Waals surface area contributed by atoms with E-state index in [1.807, 2.05) is 0 Å². The Hall–Kier alpha value is -2.74. The second kappa shape index (κ2) is 13.1. The highest BCUT2D eigenvalue weighted by molar-refractivity contribution is 7.90. The van der Waals surface area contributed by atoms with Gasteiger partial charge in [0.15, 0.2) is 9.84 Å². The summed E-state index contributed by atoms with van der Waals surface area (Å²) in [6, 6.07) is 14.0. The molecular formula is C26H31F3N2O5S3. The van der Waals surface area contributed by atoms with Crippen molar-refractivity contribution < 1.29 is 34.8 Å². The number of nitrogens with zero attached hydrogens (tertiary/aromatic N) is 2. The van der Waals surface area contributed by atoms with Crippen LogP contribution in [-0.2, 0) is 37.4 Å². The van der Waals surface area contributed by atoms with Crippen LogP contribution >= 0.6 is 11.3 Å². The van der Waals surface area contributed by atoms with Crippen LogP contribution < -0.4 is 0 Å². The van der Waals surface area contributed by atoms with Crippen LogP contribution in [0.2, 0.25) is 0 Å². The number of hydrogen-bond acceptors (Lipinski definition) is 6. The first-order chi connectivity index (χ1) is 18.0. The number of carbonyl (C=O) groups is 1. The summed E-state index contributed by atoms with van der Waals surface area (Å²) in [5.74, 6) is 0.0926. The molecule has 1 heterocycles. The van der Waals surface area contributed by atoms with Crippen molar-refractivity contribution in [2.24, 2.45) is 0 Å². The first kappa shape index (κ1) is 32.5. The normalized spacial score (nSPS) is 12.1. The molecule has 39 heavy (non-hydrogen) atoms. The topological polar surface area (TPSA) is 91.8 Å². The summed E-state index contributed by atoms with van der Waals surface area (Å²) in [4.78, 5) is 12.3. The average molecular weight is 605 g/mol. The number of amides is 1. The Kier molecular flexibility index (Phi) is 10.9. The van der Waals surface area contributed by atoms with Gasteiger partial charge in [-0.15, -0.1) is 11.3 Å². The van der Waals surface area contributed by atoms with Gasteiger partial charge in [0.25, 0.3) is 0 Å². The first-order valence-corrected chi connectivity index (χ1v) is 15.9. The van der Waals surface area contributed by atoms with Crippen molar-refractivity contribution in [1.82, 2.24) is 9.21 Å². The monoisotopic (exact) mass is 604 g/mol. The largest absolute Gasteiger partial charge is 0.417 e. The fourth-order valence-electron chi connectivity index (χ4n) is 3.27. The van der Waals surface area contributed by atoms with Gasteiger partial charge in [-0.3, -0.25) is 4.79 Å². The van der Waals surface area contributed by atoms with Crippen molar-refractivity contribution in [2.75, 3.05) is 26.9 Å². The molecule has 3 rings (SSSR count). The molecule has 1 amide bonds. The number of sulfone groups is 1. The summed E-state index contributed by atoms with van der Waals surface area (Å²) >= 11 is 1.26. The third-order valence-corrected chi connectivity index (χ3v) is 9.59. The number of rotatable bonds is 8. The molecule has 0 bridgehead atoms. The van der Waals surface area contributed by atoms with E-state index in [2.05, 4.69) is 0 Å². The molecule has 0 unspecified atom stereocenters. The minimum absolute atomic E-state index is 0.0469. The van der Waals surface area contributed by atoms with Crippen molar-refractivity contribution in [1.29, 1.82) is 0 Å². The lowest BCUT2D eigenvalue weighted by Crippen LogP contribution is -2.32. The number of benzene rings is 2. The molecule has 13 heteroatoms. The van der Waals surface area contributed by atoms with E-state index in [0.717, 1.165) is 33.6 Å². The van der Waals surface area contributed by atoms with Gasteiger partial charge < -0.3 is 4.90 Å². The van der Waals surface area contributed by atoms with E-state index in [0.29, 0.717) is 16.9 Å². The lowest BCUT2D eigenvalue weighted by molar-refractivity contribution is -0.140. The standard InChI is InChI=1S/C22H22F3NO4S3.C4H9NO/c1-3-13-26(33(29,30)21-10-5-4-9-19(21)22(23,24)25)15-17-11-12-20(31-17)16-7-6-8-18(14-16)32(2,27)28;1-4(6)5(2)3/h4-12,14H,3,13,15H2,1-2H3;1-3H3. The molecule has 0 saturated carbocycles. The highest BCUT2D eigenvalue weighted by atomic mass is 32.2. The Labute approximate surface area is 231 Å². The number of hydrogen-bond donors (Lipinski definition) is 0. The van der Waals surface area contributed by atoms with Gasteiger partial charge in [0, 0.05) is 50.1 Å². The van der Waals surface area contributed by atoms with Gasteiger partial charge >= 0.3 is 6.18 Å². The first-order valence-electron chi connectivity index (χ1n) is 11.7. The zero-order chi connectivity index (χ0) is 29.6. The van der Waals surface area contributed by atoms with E-state index in [9.17, 15) is 34.8 Å². The molecule has 0 aliphatic rings. The Balaban J connectivity index is 0.000000798. The maximum Gasteiger partial charge on any atom is 0.417 e. The maximum absolute atomic E-state index is 13.4. The van der Waals surface area contributed by atoms with E-state index in [4.69, 9.17) is 0 Å². The molecule has 214 valence electrons. The van der Waals surface area contributed by atoms with Crippen LogP contribution in [0.4, 0.5) is 13.2 Å². The van der Waals surface area contributed by atoms with Crippen LogP contribution in [0.25, 0.3) is 10.4 Å². The van der Waals surface area contributed by atoms with E-state index >= 15 is 0 Å². The van der Waals surface area contributed by atoms with Crippen molar-refractivity contribution in [3.63, 3.8) is 0 Å². The molecule has 0 aliphatic carbocycles. The number of carbonyl (C=O) groups excluding carboxylic acids is 1. The summed E-state index contributed by atoms with van der Waals surface area (Å²) in [7, 11) is -4.36. The summed E-state index contributed by atoms with van der Waals surface area (Å²) in [5.41, 5.74) is -0.544. The molecular weight excluding hydrogens is 573 g/mol. The van der Waals surface area contributed by atoms with Crippen molar-refractivity contribution in [3.05, 3.63) is 71.1 Å². The highest BCUT2D eigenvalue weighted by Gasteiger charge is 2.38. The van der Waals surface area contributed by atoms with Gasteiger partial charge in [-0.1, -0.05) is 31.2 Å². The van der Waals surface area contributed by atoms with Crippen LogP contribution in [0.3, 0.4) is 0 Å². The summed E-state index contributed by atoms with van der Waals surface area (Å²) < 4.78 is 91.4. The average Bonchev–Trinajstić information content (AvgIpc) is 3.32. The molecule has 0 fully saturated rings. The van der Waals surface area contributed by atoms with Gasteiger partial charge in [-0.2, -0.15) is 17.5 Å². The van der Waals surface area contributed by atoms with Crippen LogP contribution in [0.15, 0.2) is 70.5 Å². The predicted octanol–water partition coefficient (Wildman–Crippen LogP) is 5.53. The molecule has 0 aliphatic heterocycles. The fourth-order valence-corrected chi connectivity index (χ4v) is 6.76. The minimum Gasteiger partial charge on any atom is -0.349 e. The third kappa shape index (κ3) is 8.88. The lowest BCUT2D eigenvalue weighted by Gasteiger charge is -2.23. The SMILES string of the molecule is CC(=O)N(C)C.CCCN(Cc1ccc(-c2cccc(S(C)(=O)=O)c2)s1)S(=O)(=O)c1ccccc1C(F)(F)F. The van der Waals surface area contributed by atoms with Gasteiger partial charge in [0.05, 0.1) is 15.4 Å². The lowest BCUT2D eigenvalue weighted by atomic mass is 10.2. The Morgan fingerprint density at radius 3 is 2.10 bits per heavy atom. The van der Waals surface area contributed by atoms with Crippen LogP contribution in [-0.4, -0.2) is 58.8 Å². The molecule has 0 atom stereocenters. The molecule has 1 aromatic heterocycles. The Morgan fingerprint density at radius 1 is 0.949 bits per heavy atom. The smallest absolute Gasteiger partial charge is 0.349 e. The number of thiophene rings is 1. The van der Waals surface area contributed by atoms with Gasteiger partial charge in [-0.05, 0) is 48.4 Å². The highest BCUT2D eigenvalue weighted by Crippen LogP contribution is 2.36. The Morgan fingerprint density at radius 2 is 1.56 bits per heavy atom. The minimum atomic E-state index is -4.80. The van der Waals surface area contributed by atoms with Gasteiger partial charge in [0.2, 0.25) is 15.9 Å². The quantitative estimate of drug-likeness (QED) is 0.337. The zero-order valence-corrected chi connectivity index (χ0v) is 24.6. The van der Waals surface area contributed by atoms with Gasteiger partial charge in [0.1, 0.15) is 0 Å². The molecule has 0 N–H and O–H groups in total. The van der Waals surface area contributed by atoms with E-state index in [1.165, 1.54) is 41.4 Å². The molecule has 0 spiro atoms. The van der Waals surface area contributed by atoms with Crippen LogP contribution in [0.5, 0.6) is 0 Å². The molecule has 3 aromatic rings. The molecule has 0 radical (unpaired) electrons. The molecule has 0 saturated heterocycles. The number of alkyl halides is 3. The second-order valence-corrected chi connectivity index (χ2v) is 13.9. The number of sulfonamides is 1. The van der Waals surface area contributed by atoms with Crippen molar-refractivity contribution >= 4 is 37.1 Å². The second-order valence-electron chi connectivity index (χ2n) is 8.81. The Bertz CT molecular complexity index is 1500. The van der Waals surface area contributed by atoms with Crippen molar-refractivity contribution in [2.45, 2.75) is 42.8 Å². The van der Waals surface area contributed by atoms with E-state index in [1.54, 1.807) is 45.3 Å². The summed E-state index contributed by atoms with van der Waals surface area (Å²) in [6.07, 6.45) is -3.28. The molecule has 2 aromatic carbocycles. The predicted molar refractivity (Wildman–Crippen MR) is 147 cm³/mol. The van der Waals surface area contributed by atoms with Crippen LogP contribution in [0.1, 0.15) is 30.7 Å². The molecule has 7 nitrogen and oxygen atoms in total. The van der Waals surface area contributed by atoms with E-state index < -0.39 is 36.5 Å². The van der Waals surface area contributed by atoms with Gasteiger partial charge in [-0.25, -0.2) is 16.8 Å². The third-order valence-electron chi connectivity index (χ3n) is 5.45. The van der Waals surface area contributed by atoms with Crippen LogP contribution in [0, 0.1) is 0 Å². The fraction of sp³-hybridized carbons (Fsp3) is 0.346. The number of halogens is 3. The van der Waals surface area contributed by atoms with Crippen molar-refractivity contribution in [3.8, 4) is 10.4 Å². The summed E-state index contributed by atoms with van der Waals surface area (Å²) in [5, 5.41) is 0. The van der Waals surface area contributed by atoms with E-state index in [-0.39, 0.29) is 23.9 Å². The summed E-state index contributed by atoms with van der Waals surface area (Å²) in [6.45, 7) is 3.22. The maximum atomic E-state index is 13.4. The zero-order valence-electron chi connectivity index (χ0n) is 22.2.